The van der Waals surface area contributed by atoms with Gasteiger partial charge in [0.1, 0.15) is 11.9 Å². The number of anilines is 1. The summed E-state index contributed by atoms with van der Waals surface area (Å²) >= 11 is 0. The predicted molar refractivity (Wildman–Crippen MR) is 72.0 cm³/mol. The fourth-order valence-corrected chi connectivity index (χ4v) is 2.35. The van der Waals surface area contributed by atoms with Crippen molar-refractivity contribution in [2.45, 2.75) is 6.92 Å². The average molecular weight is 291 g/mol. The van der Waals surface area contributed by atoms with Crippen molar-refractivity contribution in [2.75, 3.05) is 18.4 Å². The summed E-state index contributed by atoms with van der Waals surface area (Å²) in [5.41, 5.74) is 0.135. The summed E-state index contributed by atoms with van der Waals surface area (Å²) in [4.78, 5) is 24.5. The molecule has 0 radical (unpaired) electrons. The van der Waals surface area contributed by atoms with Gasteiger partial charge in [-0.25, -0.2) is 9.18 Å². The number of rotatable bonds is 2. The molecule has 1 aromatic carbocycles. The van der Waals surface area contributed by atoms with Gasteiger partial charge in [-0.1, -0.05) is 6.92 Å². The third kappa shape index (κ3) is 3.11. The van der Waals surface area contributed by atoms with Crippen molar-refractivity contribution in [3.05, 3.63) is 29.6 Å². The first-order valence-corrected chi connectivity index (χ1v) is 6.40. The maximum absolute atomic E-state index is 13.2. The molecule has 7 heteroatoms. The smallest absolute Gasteiger partial charge is 0.321 e. The van der Waals surface area contributed by atoms with Crippen molar-refractivity contribution in [3.8, 4) is 6.07 Å². The lowest BCUT2D eigenvalue weighted by Gasteiger charge is -2.17. The van der Waals surface area contributed by atoms with Crippen LogP contribution in [-0.2, 0) is 4.79 Å². The Morgan fingerprint density at radius 2 is 2.19 bits per heavy atom. The standard InChI is InChI=1S/C14H14FN3O3/c1-8-6-18(7-11(8)13(19)20)14(21)17-10-2-3-12(15)9(4-10)5-16/h2-4,8,11H,6-7H2,1H3,(H,17,21)(H,19,20). The van der Waals surface area contributed by atoms with E-state index in [9.17, 15) is 14.0 Å². The topological polar surface area (TPSA) is 93.4 Å². The zero-order valence-corrected chi connectivity index (χ0v) is 11.3. The molecule has 2 unspecified atom stereocenters. The number of carbonyl (C=O) groups excluding carboxylic acids is 1. The summed E-state index contributed by atoms with van der Waals surface area (Å²) in [7, 11) is 0. The number of carboxylic acids is 1. The Bertz CT molecular complexity index is 626. The van der Waals surface area contributed by atoms with E-state index in [2.05, 4.69) is 5.32 Å². The zero-order chi connectivity index (χ0) is 15.6. The van der Waals surface area contributed by atoms with Crippen LogP contribution in [0.25, 0.3) is 0 Å². The minimum Gasteiger partial charge on any atom is -0.481 e. The number of urea groups is 1. The summed E-state index contributed by atoms with van der Waals surface area (Å²) in [5, 5.41) is 20.3. The molecule has 1 fully saturated rings. The van der Waals surface area contributed by atoms with Gasteiger partial charge < -0.3 is 15.3 Å². The number of nitrogens with zero attached hydrogens (tertiary/aromatic N) is 2. The molecule has 2 amide bonds. The Labute approximate surface area is 120 Å². The van der Waals surface area contributed by atoms with Crippen molar-refractivity contribution in [2.24, 2.45) is 11.8 Å². The lowest BCUT2D eigenvalue weighted by molar-refractivity contribution is -0.142. The van der Waals surface area contributed by atoms with E-state index >= 15 is 0 Å². The Morgan fingerprint density at radius 3 is 2.76 bits per heavy atom. The van der Waals surface area contributed by atoms with E-state index in [0.717, 1.165) is 6.07 Å². The van der Waals surface area contributed by atoms with Crippen LogP contribution in [-0.4, -0.2) is 35.1 Å². The van der Waals surface area contributed by atoms with Gasteiger partial charge in [0.25, 0.3) is 0 Å². The molecular weight excluding hydrogens is 277 g/mol. The van der Waals surface area contributed by atoms with E-state index in [0.29, 0.717) is 12.2 Å². The van der Waals surface area contributed by atoms with Crippen LogP contribution in [0.5, 0.6) is 0 Å². The molecule has 1 saturated heterocycles. The minimum absolute atomic E-state index is 0.129. The number of amides is 2. The Kier molecular flexibility index (Phi) is 4.08. The van der Waals surface area contributed by atoms with Gasteiger partial charge in [-0.05, 0) is 24.1 Å². The van der Waals surface area contributed by atoms with Gasteiger partial charge in [-0.3, -0.25) is 4.79 Å². The van der Waals surface area contributed by atoms with Crippen LogP contribution < -0.4 is 5.32 Å². The second-order valence-electron chi connectivity index (χ2n) is 5.06. The number of nitriles is 1. The minimum atomic E-state index is -0.925. The van der Waals surface area contributed by atoms with E-state index in [1.807, 2.05) is 0 Å². The highest BCUT2D eigenvalue weighted by atomic mass is 19.1. The molecular formula is C14H14FN3O3. The third-order valence-electron chi connectivity index (χ3n) is 3.55. The Morgan fingerprint density at radius 1 is 1.48 bits per heavy atom. The lowest BCUT2D eigenvalue weighted by Crippen LogP contribution is -2.33. The van der Waals surface area contributed by atoms with Gasteiger partial charge >= 0.3 is 12.0 Å². The van der Waals surface area contributed by atoms with Crippen LogP contribution in [0.4, 0.5) is 14.9 Å². The molecule has 1 aliphatic rings. The number of hydrogen-bond acceptors (Lipinski definition) is 3. The zero-order valence-electron chi connectivity index (χ0n) is 11.3. The number of likely N-dealkylation sites (tertiary alicyclic amines) is 1. The fraction of sp³-hybridized carbons (Fsp3) is 0.357. The molecule has 21 heavy (non-hydrogen) atoms. The highest BCUT2D eigenvalue weighted by Gasteiger charge is 2.36. The van der Waals surface area contributed by atoms with Crippen molar-refractivity contribution < 1.29 is 19.1 Å². The predicted octanol–water partition coefficient (Wildman–Crippen LogP) is 1.88. The summed E-state index contributed by atoms with van der Waals surface area (Å²) in [6, 6.07) is 4.92. The van der Waals surface area contributed by atoms with E-state index in [1.54, 1.807) is 13.0 Å². The van der Waals surface area contributed by atoms with Crippen LogP contribution in [0.15, 0.2) is 18.2 Å². The lowest BCUT2D eigenvalue weighted by atomic mass is 9.99. The van der Waals surface area contributed by atoms with Crippen molar-refractivity contribution in [1.29, 1.82) is 5.26 Å². The second-order valence-corrected chi connectivity index (χ2v) is 5.06. The summed E-state index contributed by atoms with van der Waals surface area (Å²) in [5.74, 6) is -2.29. The molecule has 1 aromatic rings. The second kappa shape index (κ2) is 5.79. The van der Waals surface area contributed by atoms with Crippen LogP contribution >= 0.6 is 0 Å². The van der Waals surface area contributed by atoms with Crippen molar-refractivity contribution in [1.82, 2.24) is 4.90 Å². The molecule has 6 nitrogen and oxygen atoms in total. The molecule has 2 atom stereocenters. The SMILES string of the molecule is CC1CN(C(=O)Nc2ccc(F)c(C#N)c2)CC1C(=O)O. The van der Waals surface area contributed by atoms with Crippen molar-refractivity contribution in [3.63, 3.8) is 0 Å². The number of nitrogens with one attached hydrogen (secondary N) is 1. The summed E-state index contributed by atoms with van der Waals surface area (Å²) < 4.78 is 13.2. The number of carboxylic acid groups (broad SMARTS) is 1. The van der Waals surface area contributed by atoms with Gasteiger partial charge in [-0.15, -0.1) is 0 Å². The van der Waals surface area contributed by atoms with Crippen LogP contribution in [0.2, 0.25) is 0 Å². The average Bonchev–Trinajstić information content (AvgIpc) is 2.83. The van der Waals surface area contributed by atoms with Gasteiger partial charge in [0.05, 0.1) is 11.5 Å². The first-order chi connectivity index (χ1) is 9.92. The molecule has 110 valence electrons. The summed E-state index contributed by atoms with van der Waals surface area (Å²) in [6.45, 7) is 2.25. The number of carbonyl (C=O) groups is 2. The van der Waals surface area contributed by atoms with E-state index < -0.39 is 23.7 Å². The highest BCUT2D eigenvalue weighted by Crippen LogP contribution is 2.24. The molecule has 0 bridgehead atoms. The molecule has 1 heterocycles. The molecule has 1 aliphatic heterocycles. The third-order valence-corrected chi connectivity index (χ3v) is 3.55. The first-order valence-electron chi connectivity index (χ1n) is 6.40. The van der Waals surface area contributed by atoms with Gasteiger partial charge in [-0.2, -0.15) is 5.26 Å². The molecule has 0 saturated carbocycles. The first kappa shape index (κ1) is 14.8. The highest BCUT2D eigenvalue weighted by molar-refractivity contribution is 5.90. The van der Waals surface area contributed by atoms with Crippen LogP contribution in [0.1, 0.15) is 12.5 Å². The Hall–Kier alpha value is -2.62. The maximum Gasteiger partial charge on any atom is 0.321 e. The largest absolute Gasteiger partial charge is 0.481 e. The van der Waals surface area contributed by atoms with E-state index in [4.69, 9.17) is 10.4 Å². The molecule has 2 rings (SSSR count). The normalized spacial score (nSPS) is 20.9. The molecule has 0 aromatic heterocycles. The molecule has 0 aliphatic carbocycles. The molecule has 0 spiro atoms. The van der Waals surface area contributed by atoms with E-state index in [-0.39, 0.29) is 18.0 Å². The summed E-state index contributed by atoms with van der Waals surface area (Å²) in [6.07, 6.45) is 0. The maximum atomic E-state index is 13.2. The Balaban J connectivity index is 2.06. The van der Waals surface area contributed by atoms with Crippen LogP contribution in [0, 0.1) is 29.0 Å². The van der Waals surface area contributed by atoms with Crippen molar-refractivity contribution >= 4 is 17.7 Å². The van der Waals surface area contributed by atoms with Gasteiger partial charge in [0.2, 0.25) is 0 Å². The van der Waals surface area contributed by atoms with E-state index in [1.165, 1.54) is 17.0 Å². The monoisotopic (exact) mass is 291 g/mol. The van der Waals surface area contributed by atoms with Gasteiger partial charge in [0, 0.05) is 18.8 Å². The number of halogens is 1. The number of hydrogen-bond donors (Lipinski definition) is 2. The van der Waals surface area contributed by atoms with Crippen LogP contribution in [0.3, 0.4) is 0 Å². The molecule has 2 N–H and O–H groups in total. The quantitative estimate of drug-likeness (QED) is 0.870. The number of benzene rings is 1. The fourth-order valence-electron chi connectivity index (χ4n) is 2.35. The number of aliphatic carboxylic acids is 1. The van der Waals surface area contributed by atoms with Gasteiger partial charge in [0.15, 0.2) is 0 Å².